The van der Waals surface area contributed by atoms with E-state index < -0.39 is 0 Å². The number of pyridine rings is 1. The van der Waals surface area contributed by atoms with Crippen molar-refractivity contribution in [3.05, 3.63) is 28.5 Å². The van der Waals surface area contributed by atoms with E-state index in [4.69, 9.17) is 10.5 Å². The van der Waals surface area contributed by atoms with Gasteiger partial charge in [0, 0.05) is 10.7 Å². The van der Waals surface area contributed by atoms with Gasteiger partial charge in [0.1, 0.15) is 5.54 Å². The molecule has 0 aliphatic carbocycles. The third kappa shape index (κ3) is 2.02. The molecular formula is C8H10BrClN2O. The summed E-state index contributed by atoms with van der Waals surface area (Å²) in [6.07, 6.45) is 1.75. The van der Waals surface area contributed by atoms with Crippen LogP contribution in [0.5, 0.6) is 0 Å². The monoisotopic (exact) mass is 264 g/mol. The second-order valence-corrected chi connectivity index (χ2v) is 3.93. The minimum Gasteiger partial charge on any atom is -0.377 e. The summed E-state index contributed by atoms with van der Waals surface area (Å²) in [5, 5.41) is 0. The molecule has 1 aromatic heterocycles. The van der Waals surface area contributed by atoms with Crippen molar-refractivity contribution in [3.63, 3.8) is 0 Å². The molecule has 0 spiro atoms. The largest absolute Gasteiger partial charge is 0.377 e. The first-order valence-electron chi connectivity index (χ1n) is 3.69. The summed E-state index contributed by atoms with van der Waals surface area (Å²) in [5.74, 6) is 0. The molecule has 1 aromatic rings. The fourth-order valence-corrected chi connectivity index (χ4v) is 1.37. The van der Waals surface area contributed by atoms with Crippen LogP contribution in [0.1, 0.15) is 5.69 Å². The smallest absolute Gasteiger partial charge is 0.106 e. The van der Waals surface area contributed by atoms with Crippen molar-refractivity contribution in [1.82, 2.24) is 4.98 Å². The molecule has 0 radical (unpaired) electrons. The van der Waals surface area contributed by atoms with E-state index >= 15 is 0 Å². The topological polar surface area (TPSA) is 48.1 Å². The maximum Gasteiger partial charge on any atom is 0.106 e. The molecular weight excluding hydrogens is 255 g/mol. The van der Waals surface area contributed by atoms with Crippen molar-refractivity contribution in [2.75, 3.05) is 13.2 Å². The van der Waals surface area contributed by atoms with E-state index in [0.29, 0.717) is 13.2 Å². The minimum atomic E-state index is -0.347. The van der Waals surface area contributed by atoms with Crippen LogP contribution in [0.25, 0.3) is 0 Å². The quantitative estimate of drug-likeness (QED) is 0.836. The van der Waals surface area contributed by atoms with Crippen molar-refractivity contribution in [1.29, 1.82) is 0 Å². The van der Waals surface area contributed by atoms with Crippen LogP contribution < -0.4 is 5.73 Å². The van der Waals surface area contributed by atoms with Gasteiger partial charge in [0.15, 0.2) is 0 Å². The van der Waals surface area contributed by atoms with E-state index in [-0.39, 0.29) is 17.9 Å². The molecule has 3 nitrogen and oxygen atoms in total. The third-order valence-corrected chi connectivity index (χ3v) is 2.43. The lowest BCUT2D eigenvalue weighted by Crippen LogP contribution is -2.54. The number of halogens is 2. The number of hydrogen-bond donors (Lipinski definition) is 1. The molecule has 0 bridgehead atoms. The molecule has 2 heterocycles. The molecule has 5 heteroatoms. The first kappa shape index (κ1) is 10.9. The van der Waals surface area contributed by atoms with Crippen LogP contribution in [0.15, 0.2) is 22.8 Å². The van der Waals surface area contributed by atoms with Crippen LogP contribution >= 0.6 is 28.3 Å². The summed E-state index contributed by atoms with van der Waals surface area (Å²) >= 11 is 3.32. The molecule has 1 saturated heterocycles. The molecule has 0 aromatic carbocycles. The van der Waals surface area contributed by atoms with Gasteiger partial charge in [0.2, 0.25) is 0 Å². The Kier molecular flexibility index (Phi) is 3.29. The summed E-state index contributed by atoms with van der Waals surface area (Å²) in [6, 6.07) is 3.86. The molecule has 1 fully saturated rings. The highest BCUT2D eigenvalue weighted by Crippen LogP contribution is 2.25. The van der Waals surface area contributed by atoms with Crippen molar-refractivity contribution >= 4 is 28.3 Å². The Hall–Kier alpha value is -0.160. The summed E-state index contributed by atoms with van der Waals surface area (Å²) in [7, 11) is 0. The van der Waals surface area contributed by atoms with Gasteiger partial charge in [-0.3, -0.25) is 4.98 Å². The van der Waals surface area contributed by atoms with Gasteiger partial charge < -0.3 is 10.5 Å². The Morgan fingerprint density at radius 1 is 1.46 bits per heavy atom. The van der Waals surface area contributed by atoms with Gasteiger partial charge in [-0.15, -0.1) is 12.4 Å². The lowest BCUT2D eigenvalue weighted by atomic mass is 9.94. The molecule has 0 amide bonds. The van der Waals surface area contributed by atoms with Crippen molar-refractivity contribution in [2.45, 2.75) is 5.54 Å². The average molecular weight is 266 g/mol. The van der Waals surface area contributed by atoms with Gasteiger partial charge in [0.25, 0.3) is 0 Å². The predicted octanol–water partition coefficient (Wildman–Crippen LogP) is 1.45. The number of ether oxygens (including phenoxy) is 1. The summed E-state index contributed by atoms with van der Waals surface area (Å²) in [6.45, 7) is 1.14. The van der Waals surface area contributed by atoms with Gasteiger partial charge in [0.05, 0.1) is 18.9 Å². The Morgan fingerprint density at radius 2 is 2.15 bits per heavy atom. The summed E-state index contributed by atoms with van der Waals surface area (Å²) < 4.78 is 6.01. The van der Waals surface area contributed by atoms with E-state index in [1.165, 1.54) is 0 Å². The Bertz CT molecular complexity index is 287. The highest BCUT2D eigenvalue weighted by Gasteiger charge is 2.37. The van der Waals surface area contributed by atoms with Gasteiger partial charge in [-0.05, 0) is 28.1 Å². The van der Waals surface area contributed by atoms with Crippen molar-refractivity contribution in [3.8, 4) is 0 Å². The van der Waals surface area contributed by atoms with E-state index in [0.717, 1.165) is 10.2 Å². The predicted molar refractivity (Wildman–Crippen MR) is 55.9 cm³/mol. The van der Waals surface area contributed by atoms with Crippen LogP contribution in [0.4, 0.5) is 0 Å². The first-order valence-corrected chi connectivity index (χ1v) is 4.49. The maximum atomic E-state index is 5.97. The van der Waals surface area contributed by atoms with Gasteiger partial charge in [-0.2, -0.15) is 0 Å². The molecule has 0 unspecified atom stereocenters. The highest BCUT2D eigenvalue weighted by atomic mass is 79.9. The second-order valence-electron chi connectivity index (χ2n) is 3.01. The Labute approximate surface area is 91.2 Å². The molecule has 13 heavy (non-hydrogen) atoms. The van der Waals surface area contributed by atoms with E-state index in [1.807, 2.05) is 12.1 Å². The van der Waals surface area contributed by atoms with E-state index in [9.17, 15) is 0 Å². The standard InChI is InChI=1S/C8H9BrN2O.ClH/c9-6-1-2-7(11-3-6)8(10)4-12-5-8;/h1-3H,4-5,10H2;1H. The normalized spacial score (nSPS) is 18.6. The molecule has 1 aliphatic heterocycles. The lowest BCUT2D eigenvalue weighted by Gasteiger charge is -2.36. The minimum absolute atomic E-state index is 0. The maximum absolute atomic E-state index is 5.97. The molecule has 72 valence electrons. The van der Waals surface area contributed by atoms with Crippen LogP contribution in [-0.2, 0) is 10.3 Å². The van der Waals surface area contributed by atoms with Gasteiger partial charge in [-0.1, -0.05) is 0 Å². The fourth-order valence-electron chi connectivity index (χ4n) is 1.14. The van der Waals surface area contributed by atoms with Gasteiger partial charge >= 0.3 is 0 Å². The zero-order chi connectivity index (χ0) is 8.60. The van der Waals surface area contributed by atoms with Gasteiger partial charge in [-0.25, -0.2) is 0 Å². The molecule has 0 saturated carbocycles. The Balaban J connectivity index is 0.000000845. The molecule has 1 aliphatic rings. The number of nitrogens with two attached hydrogens (primary N) is 1. The fraction of sp³-hybridized carbons (Fsp3) is 0.375. The third-order valence-electron chi connectivity index (χ3n) is 1.96. The number of nitrogens with zero attached hydrogens (tertiary/aromatic N) is 1. The average Bonchev–Trinajstić information content (AvgIpc) is 2.02. The second kappa shape index (κ2) is 3.92. The number of rotatable bonds is 1. The van der Waals surface area contributed by atoms with Crippen molar-refractivity contribution < 1.29 is 4.74 Å². The van der Waals surface area contributed by atoms with Crippen LogP contribution in [0.3, 0.4) is 0 Å². The molecule has 2 N–H and O–H groups in total. The SMILES string of the molecule is Cl.NC1(c2ccc(Br)cn2)COC1. The van der Waals surface area contributed by atoms with E-state index in [1.54, 1.807) is 6.20 Å². The van der Waals surface area contributed by atoms with E-state index in [2.05, 4.69) is 20.9 Å². The highest BCUT2D eigenvalue weighted by molar-refractivity contribution is 9.10. The number of aromatic nitrogens is 1. The zero-order valence-electron chi connectivity index (χ0n) is 6.87. The summed E-state index contributed by atoms with van der Waals surface area (Å²) in [4.78, 5) is 4.22. The first-order chi connectivity index (χ1) is 5.71. The van der Waals surface area contributed by atoms with Crippen LogP contribution in [-0.4, -0.2) is 18.2 Å². The molecule has 2 rings (SSSR count). The Morgan fingerprint density at radius 3 is 2.54 bits per heavy atom. The molecule has 0 atom stereocenters. The zero-order valence-corrected chi connectivity index (χ0v) is 9.27. The van der Waals surface area contributed by atoms with Crippen LogP contribution in [0, 0.1) is 0 Å². The lowest BCUT2D eigenvalue weighted by molar-refractivity contribution is -0.0590. The summed E-state index contributed by atoms with van der Waals surface area (Å²) in [5.41, 5.74) is 6.52. The van der Waals surface area contributed by atoms with Crippen molar-refractivity contribution in [2.24, 2.45) is 5.73 Å². The van der Waals surface area contributed by atoms with Crippen LogP contribution in [0.2, 0.25) is 0 Å². The number of hydrogen-bond acceptors (Lipinski definition) is 3.